The Kier molecular flexibility index (Phi) is 6.62. The fourth-order valence-electron chi connectivity index (χ4n) is 3.37. The largest absolute Gasteiger partial charge is 0.468 e. The second kappa shape index (κ2) is 9.17. The molecule has 0 saturated carbocycles. The number of nitrogens with one attached hydrogen (secondary N) is 1. The van der Waals surface area contributed by atoms with Gasteiger partial charge in [-0.05, 0) is 70.7 Å². The van der Waals surface area contributed by atoms with E-state index in [4.69, 9.17) is 0 Å². The normalized spacial score (nSPS) is 15.1. The fourth-order valence-corrected chi connectivity index (χ4v) is 3.89. The van der Waals surface area contributed by atoms with Crippen molar-refractivity contribution in [1.82, 2.24) is 5.32 Å². The molecule has 2 aromatic carbocycles. The average Bonchev–Trinajstić information content (AvgIpc) is 2.97. The lowest BCUT2D eigenvalue weighted by Gasteiger charge is -2.07. The fraction of sp³-hybridized carbons (Fsp3) is 0.217. The Balaban J connectivity index is 1.95. The molecule has 0 heterocycles. The van der Waals surface area contributed by atoms with Crippen molar-refractivity contribution in [1.29, 1.82) is 0 Å². The maximum Gasteiger partial charge on any atom is 0.325 e. The van der Waals surface area contributed by atoms with Gasteiger partial charge in [-0.2, -0.15) is 0 Å². The number of carbonyl (C=O) groups excluding carboxylic acids is 2. The number of allylic oxidation sites excluding steroid dienone is 2. The number of methoxy groups -OCH3 is 1. The summed E-state index contributed by atoms with van der Waals surface area (Å²) in [5.74, 6) is -1.27. The van der Waals surface area contributed by atoms with E-state index in [1.54, 1.807) is 12.3 Å². The van der Waals surface area contributed by atoms with Crippen LogP contribution >= 0.6 is 0 Å². The van der Waals surface area contributed by atoms with E-state index >= 15 is 0 Å². The number of halogens is 1. The van der Waals surface area contributed by atoms with Gasteiger partial charge in [-0.25, -0.2) is 4.39 Å². The van der Waals surface area contributed by atoms with Crippen LogP contribution in [0.3, 0.4) is 0 Å². The van der Waals surface area contributed by atoms with Crippen molar-refractivity contribution in [2.24, 2.45) is 0 Å². The van der Waals surface area contributed by atoms with Crippen molar-refractivity contribution >= 4 is 39.9 Å². The zero-order valence-electron chi connectivity index (χ0n) is 17.0. The SMILES string of the molecule is COC(=O)CNC(=O)CC1=C(C)C(=Cc2ccc(S(C)=O)cc2)c2ccc(F)cc21. The number of amides is 1. The Morgan fingerprint density at radius 1 is 1.13 bits per heavy atom. The van der Waals surface area contributed by atoms with Crippen molar-refractivity contribution in [2.75, 3.05) is 19.9 Å². The maximum absolute atomic E-state index is 13.9. The Morgan fingerprint density at radius 2 is 1.83 bits per heavy atom. The number of fused-ring (bicyclic) bond motifs is 1. The van der Waals surface area contributed by atoms with E-state index in [0.29, 0.717) is 11.1 Å². The summed E-state index contributed by atoms with van der Waals surface area (Å²) >= 11 is 0. The second-order valence-corrected chi connectivity index (χ2v) is 8.28. The van der Waals surface area contributed by atoms with E-state index in [-0.39, 0.29) is 24.7 Å². The molecular formula is C23H22FNO4S. The van der Waals surface area contributed by atoms with Gasteiger partial charge in [0.2, 0.25) is 5.91 Å². The predicted octanol–water partition coefficient (Wildman–Crippen LogP) is 3.57. The number of hydrogen-bond donors (Lipinski definition) is 1. The monoisotopic (exact) mass is 427 g/mol. The minimum atomic E-state index is -1.05. The van der Waals surface area contributed by atoms with Gasteiger partial charge in [0.15, 0.2) is 0 Å². The van der Waals surface area contributed by atoms with Gasteiger partial charge in [0.1, 0.15) is 12.4 Å². The quantitative estimate of drug-likeness (QED) is 0.716. The molecule has 0 spiro atoms. The topological polar surface area (TPSA) is 72.5 Å². The molecule has 7 heteroatoms. The Hall–Kier alpha value is -3.06. The Morgan fingerprint density at radius 3 is 2.47 bits per heavy atom. The minimum absolute atomic E-state index is 0.0182. The van der Waals surface area contributed by atoms with Gasteiger partial charge in [-0.3, -0.25) is 13.8 Å². The molecule has 5 nitrogen and oxygen atoms in total. The number of hydrogen-bond acceptors (Lipinski definition) is 4. The van der Waals surface area contributed by atoms with Crippen molar-refractivity contribution in [3.63, 3.8) is 0 Å². The molecule has 0 aromatic heterocycles. The molecule has 1 amide bonds. The highest BCUT2D eigenvalue weighted by atomic mass is 32.2. The average molecular weight is 427 g/mol. The number of esters is 1. The standard InChI is InChI=1S/C23H22FNO4S/c1-14-19(10-15-4-7-17(8-5-15)30(3)28)18-9-6-16(24)11-21(18)20(14)12-22(26)25-13-23(27)29-2/h4-11H,12-13H2,1-3H3,(H,25,26). The van der Waals surface area contributed by atoms with E-state index in [1.807, 2.05) is 37.3 Å². The molecule has 2 aromatic rings. The van der Waals surface area contributed by atoms with Crippen LogP contribution in [0.1, 0.15) is 30.0 Å². The Bertz CT molecular complexity index is 1090. The highest BCUT2D eigenvalue weighted by molar-refractivity contribution is 7.84. The molecule has 0 radical (unpaired) electrons. The smallest absolute Gasteiger partial charge is 0.325 e. The first-order chi connectivity index (χ1) is 14.3. The van der Waals surface area contributed by atoms with Crippen LogP contribution in [-0.4, -0.2) is 36.0 Å². The molecule has 30 heavy (non-hydrogen) atoms. The van der Waals surface area contributed by atoms with Crippen LogP contribution in [0, 0.1) is 5.82 Å². The zero-order chi connectivity index (χ0) is 21.8. The van der Waals surface area contributed by atoms with Crippen LogP contribution in [0.15, 0.2) is 52.9 Å². The van der Waals surface area contributed by atoms with E-state index in [9.17, 15) is 18.2 Å². The first-order valence-corrected chi connectivity index (χ1v) is 10.8. The van der Waals surface area contributed by atoms with Crippen LogP contribution in [0.25, 0.3) is 17.2 Å². The summed E-state index contributed by atoms with van der Waals surface area (Å²) in [5.41, 5.74) is 4.89. The summed E-state index contributed by atoms with van der Waals surface area (Å²) in [6.45, 7) is 1.67. The molecule has 1 aliphatic carbocycles. The third kappa shape index (κ3) is 4.74. The van der Waals surface area contributed by atoms with Crippen molar-refractivity contribution in [3.8, 4) is 0 Å². The van der Waals surface area contributed by atoms with Crippen molar-refractivity contribution < 1.29 is 22.9 Å². The van der Waals surface area contributed by atoms with Crippen LogP contribution in [-0.2, 0) is 25.1 Å². The van der Waals surface area contributed by atoms with Crippen LogP contribution in [0.4, 0.5) is 4.39 Å². The summed E-state index contributed by atoms with van der Waals surface area (Å²) in [7, 11) is 0.194. The number of rotatable bonds is 6. The minimum Gasteiger partial charge on any atom is -0.468 e. The van der Waals surface area contributed by atoms with Gasteiger partial charge in [-0.1, -0.05) is 18.2 Å². The van der Waals surface area contributed by atoms with E-state index in [1.165, 1.54) is 19.2 Å². The molecule has 0 fully saturated rings. The van der Waals surface area contributed by atoms with E-state index < -0.39 is 16.8 Å². The van der Waals surface area contributed by atoms with Crippen molar-refractivity contribution in [2.45, 2.75) is 18.2 Å². The Labute approximate surface area is 177 Å². The molecule has 1 aliphatic rings. The summed E-state index contributed by atoms with van der Waals surface area (Å²) in [5, 5.41) is 2.52. The first-order valence-electron chi connectivity index (χ1n) is 9.29. The van der Waals surface area contributed by atoms with Crippen LogP contribution in [0.2, 0.25) is 0 Å². The van der Waals surface area contributed by atoms with Gasteiger partial charge < -0.3 is 10.1 Å². The van der Waals surface area contributed by atoms with Gasteiger partial charge in [-0.15, -0.1) is 0 Å². The lowest BCUT2D eigenvalue weighted by atomic mass is 10.0. The molecular weight excluding hydrogens is 405 g/mol. The van der Waals surface area contributed by atoms with E-state index in [0.717, 1.165) is 27.2 Å². The molecule has 156 valence electrons. The summed E-state index contributed by atoms with van der Waals surface area (Å²) in [6, 6.07) is 11.9. The van der Waals surface area contributed by atoms with E-state index in [2.05, 4.69) is 10.1 Å². The second-order valence-electron chi connectivity index (χ2n) is 6.90. The third-order valence-electron chi connectivity index (χ3n) is 4.97. The summed E-state index contributed by atoms with van der Waals surface area (Å²) < 4.78 is 30.1. The maximum atomic E-state index is 13.9. The molecule has 0 bridgehead atoms. The number of ether oxygens (including phenoxy) is 1. The highest BCUT2D eigenvalue weighted by Gasteiger charge is 2.26. The zero-order valence-corrected chi connectivity index (χ0v) is 17.8. The summed E-state index contributed by atoms with van der Waals surface area (Å²) in [6.07, 6.45) is 3.61. The lowest BCUT2D eigenvalue weighted by molar-refractivity contribution is -0.141. The number of carbonyl (C=O) groups is 2. The molecule has 0 saturated heterocycles. The highest BCUT2D eigenvalue weighted by Crippen LogP contribution is 2.43. The number of benzene rings is 2. The van der Waals surface area contributed by atoms with Gasteiger partial charge >= 0.3 is 5.97 Å². The van der Waals surface area contributed by atoms with Crippen LogP contribution in [0.5, 0.6) is 0 Å². The van der Waals surface area contributed by atoms with Gasteiger partial charge in [0.05, 0.1) is 13.5 Å². The first kappa shape index (κ1) is 21.6. The molecule has 3 rings (SSSR count). The lowest BCUT2D eigenvalue weighted by Crippen LogP contribution is -2.30. The van der Waals surface area contributed by atoms with Crippen LogP contribution < -0.4 is 5.32 Å². The third-order valence-corrected chi connectivity index (χ3v) is 5.91. The van der Waals surface area contributed by atoms with Crippen molar-refractivity contribution in [3.05, 3.63) is 70.5 Å². The van der Waals surface area contributed by atoms with Gasteiger partial charge in [0.25, 0.3) is 0 Å². The molecule has 1 N–H and O–H groups in total. The van der Waals surface area contributed by atoms with Gasteiger partial charge in [0, 0.05) is 22.0 Å². The molecule has 0 aliphatic heterocycles. The summed E-state index contributed by atoms with van der Waals surface area (Å²) in [4.78, 5) is 24.3. The molecule has 1 unspecified atom stereocenters. The predicted molar refractivity (Wildman–Crippen MR) is 115 cm³/mol. The molecule has 1 atom stereocenters.